The minimum absolute atomic E-state index is 0. The fraction of sp³-hybridized carbons (Fsp3) is 0.125. The van der Waals surface area contributed by atoms with Gasteiger partial charge in [-0.05, 0) is 11.1 Å². The van der Waals surface area contributed by atoms with Crippen LogP contribution >= 0.6 is 0 Å². The summed E-state index contributed by atoms with van der Waals surface area (Å²) >= 11 is 0. The quantitative estimate of drug-likeness (QED) is 0.405. The van der Waals surface area contributed by atoms with Crippen LogP contribution in [0, 0.1) is 0 Å². The summed E-state index contributed by atoms with van der Waals surface area (Å²) in [5, 5.41) is 15.0. The summed E-state index contributed by atoms with van der Waals surface area (Å²) in [5.41, 5.74) is -0.0648. The molecule has 2 atom stereocenters. The molecule has 2 unspecified atom stereocenters. The van der Waals surface area contributed by atoms with Gasteiger partial charge >= 0.3 is 43.7 Å². The second-order valence-electron chi connectivity index (χ2n) is 5.25. The topological polar surface area (TPSA) is 189 Å². The van der Waals surface area contributed by atoms with Gasteiger partial charge in [0.15, 0.2) is 0 Å². The van der Waals surface area contributed by atoms with E-state index < -0.39 is 42.7 Å². The van der Waals surface area contributed by atoms with Gasteiger partial charge in [-0.25, -0.2) is 8.42 Å². The van der Waals surface area contributed by atoms with Crippen molar-refractivity contribution in [3.63, 3.8) is 0 Å². The first-order valence-corrected chi connectivity index (χ1v) is 10.3. The average Bonchev–Trinajstić information content (AvgIpc) is 2.54. The third-order valence-electron chi connectivity index (χ3n) is 3.23. The predicted molar refractivity (Wildman–Crippen MR) is 98.0 cm³/mol. The largest absolute Gasteiger partial charge is 2.00 e. The zero-order valence-corrected chi connectivity index (χ0v) is 18.5. The Morgan fingerprint density at radius 2 is 1.14 bits per heavy atom. The number of carbonyl (C=O) groups excluding carboxylic acids is 1. The van der Waals surface area contributed by atoms with Crippen LogP contribution in [-0.4, -0.2) is 80.7 Å². The van der Waals surface area contributed by atoms with Gasteiger partial charge in [0.05, 0.1) is 5.97 Å². The molecule has 0 heterocycles. The Morgan fingerprint density at radius 1 is 0.793 bits per heavy atom. The normalized spacial score (nSPS) is 13.0. The van der Waals surface area contributed by atoms with Crippen LogP contribution in [0.1, 0.15) is 21.6 Å². The molecule has 29 heavy (non-hydrogen) atoms. The van der Waals surface area contributed by atoms with E-state index in [0.29, 0.717) is 0 Å². The molecule has 0 saturated carbocycles. The van der Waals surface area contributed by atoms with Crippen LogP contribution in [-0.2, 0) is 29.8 Å². The Kier molecular flexibility index (Phi) is 11.0. The molecule has 2 aromatic carbocycles. The van der Waals surface area contributed by atoms with Crippen molar-refractivity contribution in [3.8, 4) is 0 Å². The van der Waals surface area contributed by atoms with Crippen LogP contribution in [0.15, 0.2) is 60.7 Å². The molecule has 0 radical (unpaired) electrons. The van der Waals surface area contributed by atoms with Crippen LogP contribution in [0.3, 0.4) is 0 Å². The number of rotatable bonds is 6. The number of benzene rings is 2. The van der Waals surface area contributed by atoms with E-state index in [9.17, 15) is 36.1 Å². The van der Waals surface area contributed by atoms with Crippen molar-refractivity contribution in [1.29, 1.82) is 0 Å². The van der Waals surface area contributed by atoms with Crippen molar-refractivity contribution in [2.24, 2.45) is 0 Å². The first-order valence-electron chi connectivity index (χ1n) is 7.30. The number of carbonyl (C=O) groups is 2. The van der Waals surface area contributed by atoms with E-state index >= 15 is 0 Å². The summed E-state index contributed by atoms with van der Waals surface area (Å²) in [6.45, 7) is 0. The minimum Gasteiger partial charge on any atom is -0.747 e. The van der Waals surface area contributed by atoms with Crippen molar-refractivity contribution in [1.82, 2.24) is 0 Å². The summed E-state index contributed by atoms with van der Waals surface area (Å²) in [6, 6.07) is 14.2. The summed E-state index contributed by atoms with van der Waals surface area (Å²) in [6.07, 6.45) is 0. The SMILES string of the molecule is O=C(O)C(c1ccccc1)S(=O)(=O)O.O=C([O-])C(c1ccccc1)S(=O)(=O)[O-].[Ca+2]. The number of carboxylic acid groups (broad SMARTS) is 2. The van der Waals surface area contributed by atoms with Crippen molar-refractivity contribution in [3.05, 3.63) is 71.8 Å². The van der Waals surface area contributed by atoms with Crippen molar-refractivity contribution < 1.29 is 45.7 Å². The van der Waals surface area contributed by atoms with Crippen LogP contribution in [0.4, 0.5) is 0 Å². The zero-order valence-electron chi connectivity index (χ0n) is 14.6. The maximum absolute atomic E-state index is 10.7. The second kappa shape index (κ2) is 11.6. The molecule has 0 fully saturated rings. The van der Waals surface area contributed by atoms with Gasteiger partial charge in [-0.1, -0.05) is 60.7 Å². The molecule has 2 rings (SSSR count). The van der Waals surface area contributed by atoms with E-state index in [1.165, 1.54) is 48.5 Å². The summed E-state index contributed by atoms with van der Waals surface area (Å²) in [4.78, 5) is 21.1. The number of hydrogen-bond donors (Lipinski definition) is 2. The van der Waals surface area contributed by atoms with E-state index in [-0.39, 0.29) is 48.9 Å². The van der Waals surface area contributed by atoms with Crippen LogP contribution in [0.25, 0.3) is 0 Å². The van der Waals surface area contributed by atoms with Gasteiger partial charge in [0, 0.05) is 0 Å². The fourth-order valence-electron chi connectivity index (χ4n) is 2.12. The molecule has 2 aromatic rings. The van der Waals surface area contributed by atoms with Crippen LogP contribution in [0.5, 0.6) is 0 Å². The van der Waals surface area contributed by atoms with Crippen LogP contribution in [0.2, 0.25) is 0 Å². The van der Waals surface area contributed by atoms with Gasteiger partial charge in [0.25, 0.3) is 10.1 Å². The van der Waals surface area contributed by atoms with E-state index in [0.717, 1.165) is 0 Å². The summed E-state index contributed by atoms with van der Waals surface area (Å²) < 4.78 is 62.0. The molecular formula is C16H14CaO10S2. The number of aliphatic carboxylic acids is 2. The molecule has 13 heteroatoms. The van der Waals surface area contributed by atoms with Gasteiger partial charge in [-0.3, -0.25) is 9.35 Å². The van der Waals surface area contributed by atoms with E-state index in [1.807, 2.05) is 0 Å². The van der Waals surface area contributed by atoms with Gasteiger partial charge in [0.2, 0.25) is 5.25 Å². The number of hydrogen-bond acceptors (Lipinski definition) is 8. The van der Waals surface area contributed by atoms with Gasteiger partial charge in [0.1, 0.15) is 15.4 Å². The smallest absolute Gasteiger partial charge is 0.747 e. The third-order valence-corrected chi connectivity index (χ3v) is 5.34. The molecule has 10 nitrogen and oxygen atoms in total. The van der Waals surface area contributed by atoms with Crippen molar-refractivity contribution in [2.75, 3.05) is 0 Å². The summed E-state index contributed by atoms with van der Waals surface area (Å²) in [5.74, 6) is -3.51. The molecule has 0 aromatic heterocycles. The Morgan fingerprint density at radius 3 is 1.38 bits per heavy atom. The van der Waals surface area contributed by atoms with E-state index in [1.54, 1.807) is 12.1 Å². The maximum atomic E-state index is 10.7. The first kappa shape index (κ1) is 27.5. The molecule has 2 N–H and O–H groups in total. The summed E-state index contributed by atoms with van der Waals surface area (Å²) in [7, 11) is -9.55. The van der Waals surface area contributed by atoms with E-state index in [2.05, 4.69) is 0 Å². The Labute approximate surface area is 196 Å². The fourth-order valence-corrected chi connectivity index (χ4v) is 3.60. The molecule has 0 aliphatic rings. The Hall–Kier alpha value is -1.54. The molecule has 0 bridgehead atoms. The van der Waals surface area contributed by atoms with Gasteiger partial charge in [-0.15, -0.1) is 0 Å². The first-order chi connectivity index (χ1) is 12.9. The van der Waals surface area contributed by atoms with E-state index in [4.69, 9.17) is 9.66 Å². The molecule has 0 spiro atoms. The van der Waals surface area contributed by atoms with Gasteiger partial charge < -0.3 is 19.6 Å². The number of carboxylic acids is 2. The standard InChI is InChI=1S/2C8H8O5S.Ca/c2*9-8(10)7(14(11,12)13)6-4-2-1-3-5-6;/h2*1-5,7H,(H,9,10)(H,11,12,13);/q;;+2/p-2. The molecule has 0 aliphatic carbocycles. The van der Waals surface area contributed by atoms with Gasteiger partial charge in [-0.2, -0.15) is 8.42 Å². The molecule has 0 amide bonds. The molecule has 0 aliphatic heterocycles. The Bertz CT molecular complexity index is 936. The third kappa shape index (κ3) is 8.78. The monoisotopic (exact) mass is 470 g/mol. The van der Waals surface area contributed by atoms with Crippen molar-refractivity contribution in [2.45, 2.75) is 10.5 Å². The van der Waals surface area contributed by atoms with Crippen molar-refractivity contribution >= 4 is 69.9 Å². The van der Waals surface area contributed by atoms with Crippen LogP contribution < -0.4 is 5.11 Å². The minimum atomic E-state index is -4.93. The predicted octanol–water partition coefficient (Wildman–Crippen LogP) is -0.658. The maximum Gasteiger partial charge on any atom is 2.00 e. The Balaban J connectivity index is 0.000000523. The average molecular weight is 470 g/mol. The zero-order chi connectivity index (χ0) is 21.5. The molecular weight excluding hydrogens is 456 g/mol. The molecule has 0 saturated heterocycles. The molecule has 152 valence electrons. The second-order valence-corrected chi connectivity index (χ2v) is 8.20.